The van der Waals surface area contributed by atoms with Gasteiger partial charge in [-0.15, -0.1) is 0 Å². The second kappa shape index (κ2) is 15.1. The van der Waals surface area contributed by atoms with Gasteiger partial charge >= 0.3 is 5.97 Å². The lowest BCUT2D eigenvalue weighted by molar-refractivity contribution is -0.200. The number of esters is 1. The number of hydrogen-bond acceptors (Lipinski definition) is 2. The number of fused-ring (bicyclic) bond motifs is 7. The Kier molecular flexibility index (Phi) is 12.1. The molecule has 0 N–H and O–H groups in total. The van der Waals surface area contributed by atoms with Gasteiger partial charge in [0.15, 0.2) is 0 Å². The van der Waals surface area contributed by atoms with Crippen LogP contribution in [0.15, 0.2) is 11.6 Å². The Hall–Kier alpha value is -0.790. The Morgan fingerprint density at radius 1 is 0.646 bits per heavy atom. The largest absolute Gasteiger partial charge is 0.462 e. The smallest absolute Gasteiger partial charge is 0.306 e. The normalized spacial score (nSPS) is 39.7. The van der Waals surface area contributed by atoms with Crippen LogP contribution in [0.3, 0.4) is 0 Å². The van der Waals surface area contributed by atoms with Crippen LogP contribution >= 0.6 is 0 Å². The Labute approximate surface area is 299 Å². The van der Waals surface area contributed by atoms with Gasteiger partial charge in [-0.1, -0.05) is 151 Å². The van der Waals surface area contributed by atoms with Gasteiger partial charge in [-0.05, 0) is 115 Å². The van der Waals surface area contributed by atoms with E-state index in [1.165, 1.54) is 135 Å². The SMILES string of the molecule is CCCCCCCCCCCCCCCC(=O)O[C@H]1CC[C@@]2(C)[C@H](CC[C@@]3(C)C4=CC[C@@]5(C)CCC(C)(C)C[C@@H]5[C@]4(C)CC[C@H]23)C1(C)C. The molecule has 0 aromatic carbocycles. The highest BCUT2D eigenvalue weighted by molar-refractivity contribution is 5.69. The summed E-state index contributed by atoms with van der Waals surface area (Å²) in [5.74, 6) is 2.25. The van der Waals surface area contributed by atoms with Gasteiger partial charge in [0.2, 0.25) is 0 Å². The van der Waals surface area contributed by atoms with Gasteiger partial charge in [-0.2, -0.15) is 0 Å². The Balaban J connectivity index is 1.11. The molecule has 4 saturated carbocycles. The van der Waals surface area contributed by atoms with Gasteiger partial charge in [0.05, 0.1) is 0 Å². The average molecular weight is 665 g/mol. The third-order valence-corrected chi connectivity index (χ3v) is 16.4. The molecule has 0 unspecified atom stereocenters. The number of carbonyl (C=O) groups excluding carboxylic acids is 1. The quantitative estimate of drug-likeness (QED) is 0.0989. The van der Waals surface area contributed by atoms with E-state index in [1.54, 1.807) is 0 Å². The molecule has 0 saturated heterocycles. The molecule has 5 rings (SSSR count). The van der Waals surface area contributed by atoms with Crippen LogP contribution in [0, 0.1) is 50.2 Å². The second-order valence-electron chi connectivity index (χ2n) is 20.8. The molecule has 0 aliphatic heterocycles. The predicted octanol–water partition coefficient (Wildman–Crippen LogP) is 14.2. The maximum Gasteiger partial charge on any atom is 0.306 e. The van der Waals surface area contributed by atoms with Crippen molar-refractivity contribution in [3.8, 4) is 0 Å². The highest BCUT2D eigenvalue weighted by Gasteiger charge is 2.67. The Bertz CT molecular complexity index is 1120. The fourth-order valence-corrected chi connectivity index (χ4v) is 13.5. The Morgan fingerprint density at radius 3 is 1.79 bits per heavy atom. The lowest BCUT2D eigenvalue weighted by Gasteiger charge is -2.70. The fourth-order valence-electron chi connectivity index (χ4n) is 13.5. The van der Waals surface area contributed by atoms with Crippen LogP contribution in [0.4, 0.5) is 0 Å². The van der Waals surface area contributed by atoms with Crippen molar-refractivity contribution in [3.05, 3.63) is 11.6 Å². The molecular weight excluding hydrogens is 585 g/mol. The van der Waals surface area contributed by atoms with E-state index < -0.39 is 0 Å². The number of ether oxygens (including phenoxy) is 1. The van der Waals surface area contributed by atoms with Gasteiger partial charge < -0.3 is 4.74 Å². The van der Waals surface area contributed by atoms with Crippen LogP contribution in [0.25, 0.3) is 0 Å². The van der Waals surface area contributed by atoms with Crippen LogP contribution in [0.2, 0.25) is 0 Å². The van der Waals surface area contributed by atoms with E-state index in [9.17, 15) is 4.79 Å². The molecule has 0 spiro atoms. The van der Waals surface area contributed by atoms with Crippen molar-refractivity contribution in [1.82, 2.24) is 0 Å². The maximum atomic E-state index is 13.2. The molecule has 4 fully saturated rings. The third kappa shape index (κ3) is 7.55. The van der Waals surface area contributed by atoms with E-state index in [1.807, 2.05) is 5.57 Å². The molecule has 2 heteroatoms. The lowest BCUT2D eigenvalue weighted by atomic mass is 9.34. The van der Waals surface area contributed by atoms with E-state index in [0.29, 0.717) is 39.4 Å². The minimum atomic E-state index is 0.0354. The van der Waals surface area contributed by atoms with Crippen LogP contribution < -0.4 is 0 Å². The fraction of sp³-hybridized carbons (Fsp3) is 0.935. The first-order valence-electron chi connectivity index (χ1n) is 21.5. The Morgan fingerprint density at radius 2 is 1.19 bits per heavy atom. The standard InChI is InChI=1S/C46H80O2/c1-10-11-12-13-14-15-16-17-18-19-20-21-22-23-40(47)48-39-27-31-44(7)35(42(39,4)5)25-29-45(8)36-24-28-43(6)33-32-41(2,3)34-38(43)46(36,9)30-26-37(44)45/h24,35,37-39H,10-23,25-34H2,1-9H3/t35-,37-,38+,39+,43+,44+,45+,46-/m1/s1. The summed E-state index contributed by atoms with van der Waals surface area (Å²) in [6, 6.07) is 0. The van der Waals surface area contributed by atoms with E-state index in [0.717, 1.165) is 24.7 Å². The minimum absolute atomic E-state index is 0.0354. The first kappa shape index (κ1) is 38.4. The summed E-state index contributed by atoms with van der Waals surface area (Å²) >= 11 is 0. The minimum Gasteiger partial charge on any atom is -0.462 e. The first-order valence-corrected chi connectivity index (χ1v) is 21.5. The molecule has 2 nitrogen and oxygen atoms in total. The number of allylic oxidation sites excluding steroid dienone is 2. The van der Waals surface area contributed by atoms with E-state index in [4.69, 9.17) is 4.74 Å². The third-order valence-electron chi connectivity index (χ3n) is 16.4. The van der Waals surface area contributed by atoms with E-state index in [2.05, 4.69) is 68.4 Å². The molecule has 276 valence electrons. The van der Waals surface area contributed by atoms with Crippen molar-refractivity contribution < 1.29 is 9.53 Å². The van der Waals surface area contributed by atoms with Crippen molar-refractivity contribution in [1.29, 1.82) is 0 Å². The zero-order valence-corrected chi connectivity index (χ0v) is 33.7. The summed E-state index contributed by atoms with van der Waals surface area (Å²) < 4.78 is 6.41. The van der Waals surface area contributed by atoms with Gasteiger partial charge in [-0.25, -0.2) is 0 Å². The number of unbranched alkanes of at least 4 members (excludes halogenated alkanes) is 12. The highest BCUT2D eigenvalue weighted by atomic mass is 16.5. The molecule has 0 aromatic heterocycles. The van der Waals surface area contributed by atoms with Crippen LogP contribution in [0.1, 0.15) is 216 Å². The van der Waals surface area contributed by atoms with Gasteiger partial charge in [0.25, 0.3) is 0 Å². The zero-order valence-electron chi connectivity index (χ0n) is 33.7. The van der Waals surface area contributed by atoms with Gasteiger partial charge in [-0.3, -0.25) is 4.79 Å². The topological polar surface area (TPSA) is 26.3 Å². The summed E-state index contributed by atoms with van der Waals surface area (Å²) in [4.78, 5) is 13.2. The number of hydrogen-bond donors (Lipinski definition) is 0. The van der Waals surface area contributed by atoms with E-state index >= 15 is 0 Å². The van der Waals surface area contributed by atoms with Crippen molar-refractivity contribution in [2.24, 2.45) is 50.2 Å². The van der Waals surface area contributed by atoms with Crippen LogP contribution in [-0.2, 0) is 9.53 Å². The lowest BCUT2D eigenvalue weighted by Crippen LogP contribution is -2.63. The molecule has 0 radical (unpaired) electrons. The van der Waals surface area contributed by atoms with Crippen LogP contribution in [-0.4, -0.2) is 12.1 Å². The summed E-state index contributed by atoms with van der Waals surface area (Å²) in [5.41, 5.74) is 3.86. The maximum absolute atomic E-state index is 13.2. The molecule has 0 amide bonds. The molecule has 0 aromatic rings. The van der Waals surface area contributed by atoms with Crippen molar-refractivity contribution in [2.45, 2.75) is 223 Å². The predicted molar refractivity (Wildman–Crippen MR) is 205 cm³/mol. The molecule has 48 heavy (non-hydrogen) atoms. The molecule has 5 aliphatic carbocycles. The van der Waals surface area contributed by atoms with Gasteiger partial charge in [0, 0.05) is 11.8 Å². The van der Waals surface area contributed by atoms with Crippen LogP contribution in [0.5, 0.6) is 0 Å². The number of rotatable bonds is 15. The summed E-state index contributed by atoms with van der Waals surface area (Å²) in [7, 11) is 0. The van der Waals surface area contributed by atoms with E-state index in [-0.39, 0.29) is 17.5 Å². The summed E-state index contributed by atoms with van der Waals surface area (Å²) in [5, 5.41) is 0. The van der Waals surface area contributed by atoms with Crippen molar-refractivity contribution in [3.63, 3.8) is 0 Å². The molecule has 0 heterocycles. The monoisotopic (exact) mass is 665 g/mol. The molecular formula is C46H80O2. The number of carbonyl (C=O) groups is 1. The molecule has 8 atom stereocenters. The highest BCUT2D eigenvalue weighted by Crippen LogP contribution is 2.75. The summed E-state index contributed by atoms with van der Waals surface area (Å²) in [6.45, 7) is 23.0. The average Bonchev–Trinajstić information content (AvgIpc) is 3.01. The first-order chi connectivity index (χ1) is 22.6. The molecule has 5 aliphatic rings. The van der Waals surface area contributed by atoms with Gasteiger partial charge in [0.1, 0.15) is 6.10 Å². The molecule has 0 bridgehead atoms. The second-order valence-corrected chi connectivity index (χ2v) is 20.8. The zero-order chi connectivity index (χ0) is 34.8. The van der Waals surface area contributed by atoms with Crippen molar-refractivity contribution in [2.75, 3.05) is 0 Å². The van der Waals surface area contributed by atoms with Crippen molar-refractivity contribution >= 4 is 5.97 Å². The summed E-state index contributed by atoms with van der Waals surface area (Å²) in [6.07, 6.45) is 34.0.